The number of morpholine rings is 1. The molecule has 4 rings (SSSR count). The van der Waals surface area contributed by atoms with Crippen molar-refractivity contribution >= 4 is 5.96 Å². The summed E-state index contributed by atoms with van der Waals surface area (Å²) in [6.45, 7) is 4.31. The number of hydrogen-bond acceptors (Lipinski definition) is 4. The van der Waals surface area contributed by atoms with Gasteiger partial charge in [-0.1, -0.05) is 18.2 Å². The standard InChI is InChI=1S/C21H24FN3O3/c1-14-11-25(12-20(28-14)16-4-6-17(22)7-5-16)21(23-2)24-10-15-3-8-18-19(9-15)27-13-26-18/h3-9,14,20H,10-13H2,1-2H3,(H,23,24). The lowest BCUT2D eigenvalue weighted by atomic mass is 10.1. The highest BCUT2D eigenvalue weighted by molar-refractivity contribution is 5.80. The lowest BCUT2D eigenvalue weighted by molar-refractivity contribution is -0.0605. The highest BCUT2D eigenvalue weighted by Crippen LogP contribution is 2.32. The van der Waals surface area contributed by atoms with E-state index in [1.165, 1.54) is 12.1 Å². The maximum absolute atomic E-state index is 13.2. The predicted molar refractivity (Wildman–Crippen MR) is 104 cm³/mol. The average Bonchev–Trinajstić information content (AvgIpc) is 3.16. The van der Waals surface area contributed by atoms with E-state index in [0.29, 0.717) is 13.1 Å². The van der Waals surface area contributed by atoms with Crippen molar-refractivity contribution in [3.8, 4) is 11.5 Å². The Kier molecular flexibility index (Phi) is 5.34. The van der Waals surface area contributed by atoms with Crippen LogP contribution in [0.15, 0.2) is 47.5 Å². The van der Waals surface area contributed by atoms with Crippen LogP contribution in [0.1, 0.15) is 24.2 Å². The highest BCUT2D eigenvalue weighted by atomic mass is 19.1. The molecule has 2 atom stereocenters. The Hall–Kier alpha value is -2.80. The SMILES string of the molecule is CN=C(NCc1ccc2c(c1)OCO2)N1CC(C)OC(c2ccc(F)cc2)C1. The predicted octanol–water partition coefficient (Wildman–Crippen LogP) is 3.09. The van der Waals surface area contributed by atoms with Gasteiger partial charge < -0.3 is 24.4 Å². The van der Waals surface area contributed by atoms with Crippen LogP contribution in [-0.2, 0) is 11.3 Å². The first kappa shape index (κ1) is 18.6. The molecule has 0 aliphatic carbocycles. The van der Waals surface area contributed by atoms with Crippen molar-refractivity contribution in [2.75, 3.05) is 26.9 Å². The zero-order chi connectivity index (χ0) is 19.5. The number of aliphatic imine (C=N–C) groups is 1. The Morgan fingerprint density at radius 2 is 1.93 bits per heavy atom. The number of rotatable bonds is 3. The van der Waals surface area contributed by atoms with Crippen LogP contribution in [0.4, 0.5) is 4.39 Å². The molecule has 28 heavy (non-hydrogen) atoms. The third-order valence-corrected chi connectivity index (χ3v) is 4.90. The van der Waals surface area contributed by atoms with Crippen LogP contribution >= 0.6 is 0 Å². The van der Waals surface area contributed by atoms with Crippen molar-refractivity contribution in [3.05, 3.63) is 59.4 Å². The van der Waals surface area contributed by atoms with Gasteiger partial charge in [-0.2, -0.15) is 0 Å². The monoisotopic (exact) mass is 385 g/mol. The summed E-state index contributed by atoms with van der Waals surface area (Å²) in [7, 11) is 1.77. The minimum Gasteiger partial charge on any atom is -0.454 e. The largest absolute Gasteiger partial charge is 0.454 e. The number of nitrogens with zero attached hydrogens (tertiary/aromatic N) is 2. The van der Waals surface area contributed by atoms with Crippen molar-refractivity contribution < 1.29 is 18.6 Å². The molecule has 6 nitrogen and oxygen atoms in total. The summed E-state index contributed by atoms with van der Waals surface area (Å²) in [5.41, 5.74) is 2.05. The maximum Gasteiger partial charge on any atom is 0.231 e. The second kappa shape index (κ2) is 8.06. The summed E-state index contributed by atoms with van der Waals surface area (Å²) in [6, 6.07) is 12.4. The fourth-order valence-corrected chi connectivity index (χ4v) is 3.55. The third-order valence-electron chi connectivity index (χ3n) is 4.90. The van der Waals surface area contributed by atoms with Crippen LogP contribution in [0.25, 0.3) is 0 Å². The molecule has 7 heteroatoms. The molecule has 1 fully saturated rings. The Labute approximate surface area is 163 Å². The van der Waals surface area contributed by atoms with Gasteiger partial charge in [0.05, 0.1) is 12.6 Å². The number of fused-ring (bicyclic) bond motifs is 1. The molecule has 0 bridgehead atoms. The first-order valence-electron chi connectivity index (χ1n) is 9.37. The minimum atomic E-state index is -0.245. The van der Waals surface area contributed by atoms with Crippen LogP contribution in [0.2, 0.25) is 0 Å². The number of hydrogen-bond donors (Lipinski definition) is 1. The van der Waals surface area contributed by atoms with E-state index >= 15 is 0 Å². The smallest absolute Gasteiger partial charge is 0.231 e. The summed E-state index contributed by atoms with van der Waals surface area (Å²) in [5.74, 6) is 2.11. The van der Waals surface area contributed by atoms with Crippen molar-refractivity contribution in [1.82, 2.24) is 10.2 Å². The molecule has 0 saturated carbocycles. The summed E-state index contributed by atoms with van der Waals surface area (Å²) in [4.78, 5) is 6.61. The topological polar surface area (TPSA) is 55.3 Å². The van der Waals surface area contributed by atoms with E-state index in [2.05, 4.69) is 15.2 Å². The Morgan fingerprint density at radius 1 is 1.14 bits per heavy atom. The fourth-order valence-electron chi connectivity index (χ4n) is 3.55. The van der Waals surface area contributed by atoms with Crippen molar-refractivity contribution in [1.29, 1.82) is 0 Å². The molecule has 0 amide bonds. The zero-order valence-electron chi connectivity index (χ0n) is 16.0. The molecule has 0 spiro atoms. The van der Waals surface area contributed by atoms with Crippen LogP contribution in [0.3, 0.4) is 0 Å². The lowest BCUT2D eigenvalue weighted by Gasteiger charge is -2.38. The molecule has 1 saturated heterocycles. The molecule has 0 radical (unpaired) electrons. The zero-order valence-corrected chi connectivity index (χ0v) is 16.0. The van der Waals surface area contributed by atoms with Gasteiger partial charge in [-0.25, -0.2) is 4.39 Å². The first-order chi connectivity index (χ1) is 13.6. The lowest BCUT2D eigenvalue weighted by Crippen LogP contribution is -2.50. The van der Waals surface area contributed by atoms with Gasteiger partial charge in [-0.05, 0) is 42.3 Å². The summed E-state index contributed by atoms with van der Waals surface area (Å²) < 4.78 is 30.1. The molecule has 0 aromatic heterocycles. The van der Waals surface area contributed by atoms with Crippen LogP contribution in [-0.4, -0.2) is 43.9 Å². The molecule has 1 N–H and O–H groups in total. The van der Waals surface area contributed by atoms with Gasteiger partial charge in [-0.3, -0.25) is 4.99 Å². The fraction of sp³-hybridized carbons (Fsp3) is 0.381. The maximum atomic E-state index is 13.2. The molecule has 2 aromatic carbocycles. The van der Waals surface area contributed by atoms with Gasteiger partial charge in [0.1, 0.15) is 11.9 Å². The number of nitrogens with one attached hydrogen (secondary N) is 1. The molecule has 2 aliphatic heterocycles. The number of benzene rings is 2. The van der Waals surface area contributed by atoms with E-state index in [9.17, 15) is 4.39 Å². The quantitative estimate of drug-likeness (QED) is 0.650. The first-order valence-corrected chi connectivity index (χ1v) is 9.37. The molecule has 2 aliphatic rings. The van der Waals surface area contributed by atoms with Gasteiger partial charge in [0.15, 0.2) is 17.5 Å². The molecule has 148 valence electrons. The number of halogens is 1. The van der Waals surface area contributed by atoms with Crippen molar-refractivity contribution in [3.63, 3.8) is 0 Å². The van der Waals surface area contributed by atoms with E-state index in [1.54, 1.807) is 19.2 Å². The van der Waals surface area contributed by atoms with E-state index in [1.807, 2.05) is 25.1 Å². The summed E-state index contributed by atoms with van der Waals surface area (Å²) >= 11 is 0. The van der Waals surface area contributed by atoms with E-state index < -0.39 is 0 Å². The van der Waals surface area contributed by atoms with E-state index in [-0.39, 0.29) is 24.8 Å². The van der Waals surface area contributed by atoms with Gasteiger partial charge >= 0.3 is 0 Å². The average molecular weight is 385 g/mol. The van der Waals surface area contributed by atoms with Crippen LogP contribution in [0.5, 0.6) is 11.5 Å². The van der Waals surface area contributed by atoms with Gasteiger partial charge in [0.25, 0.3) is 0 Å². The molecule has 2 unspecified atom stereocenters. The molecular formula is C21H24FN3O3. The van der Waals surface area contributed by atoms with Crippen LogP contribution < -0.4 is 14.8 Å². The normalized spacial score (nSPS) is 21.7. The number of ether oxygens (including phenoxy) is 3. The molecule has 2 aromatic rings. The van der Waals surface area contributed by atoms with E-state index in [4.69, 9.17) is 14.2 Å². The van der Waals surface area contributed by atoms with Gasteiger partial charge in [0.2, 0.25) is 6.79 Å². The number of guanidine groups is 1. The highest BCUT2D eigenvalue weighted by Gasteiger charge is 2.28. The summed E-state index contributed by atoms with van der Waals surface area (Å²) in [6.07, 6.45) is -0.0960. The minimum absolute atomic E-state index is 0.0351. The Balaban J connectivity index is 1.42. The van der Waals surface area contributed by atoms with Gasteiger partial charge in [-0.15, -0.1) is 0 Å². The van der Waals surface area contributed by atoms with Gasteiger partial charge in [0, 0.05) is 20.1 Å². The molecule has 2 heterocycles. The second-order valence-electron chi connectivity index (χ2n) is 6.98. The second-order valence-corrected chi connectivity index (χ2v) is 6.98. The molecular weight excluding hydrogens is 361 g/mol. The Morgan fingerprint density at radius 3 is 2.71 bits per heavy atom. The van der Waals surface area contributed by atoms with Crippen LogP contribution in [0, 0.1) is 5.82 Å². The summed E-state index contributed by atoms with van der Waals surface area (Å²) in [5, 5.41) is 3.41. The third kappa shape index (κ3) is 4.04. The Bertz CT molecular complexity index is 856. The van der Waals surface area contributed by atoms with E-state index in [0.717, 1.165) is 35.1 Å². The van der Waals surface area contributed by atoms with Crippen molar-refractivity contribution in [2.24, 2.45) is 4.99 Å². The van der Waals surface area contributed by atoms with Crippen molar-refractivity contribution in [2.45, 2.75) is 25.7 Å².